The minimum Gasteiger partial charge on any atom is -0.341 e. The Morgan fingerprint density at radius 1 is 1.07 bits per heavy atom. The molecule has 1 aromatic carbocycles. The molecule has 7 heteroatoms. The van der Waals surface area contributed by atoms with Gasteiger partial charge in [0.1, 0.15) is 0 Å². The van der Waals surface area contributed by atoms with Crippen LogP contribution in [-0.4, -0.2) is 57.9 Å². The molecule has 0 radical (unpaired) electrons. The van der Waals surface area contributed by atoms with Crippen LogP contribution in [-0.2, 0) is 10.2 Å². The van der Waals surface area contributed by atoms with Crippen LogP contribution in [0, 0.1) is 18.8 Å². The van der Waals surface area contributed by atoms with Gasteiger partial charge in [-0.2, -0.15) is 4.98 Å². The Kier molecular flexibility index (Phi) is 4.26. The molecule has 1 aromatic heterocycles. The number of aromatic nitrogens is 2. The van der Waals surface area contributed by atoms with Crippen molar-refractivity contribution in [2.45, 2.75) is 25.2 Å². The van der Waals surface area contributed by atoms with Crippen molar-refractivity contribution in [1.29, 1.82) is 0 Å². The zero-order chi connectivity index (χ0) is 20.0. The fraction of sp³-hybridized carbons (Fsp3) is 0.455. The molecule has 0 bridgehead atoms. The van der Waals surface area contributed by atoms with Crippen molar-refractivity contribution >= 4 is 11.8 Å². The van der Waals surface area contributed by atoms with Crippen LogP contribution in [0.15, 0.2) is 47.0 Å². The highest BCUT2D eigenvalue weighted by molar-refractivity contribution is 5.94. The Morgan fingerprint density at radius 3 is 2.45 bits per heavy atom. The molecule has 1 aliphatic carbocycles. The smallest absolute Gasteiger partial charge is 0.253 e. The second kappa shape index (κ2) is 6.83. The normalized spacial score (nSPS) is 26.3. The number of rotatable bonds is 3. The number of hydrogen-bond donors (Lipinski definition) is 0. The van der Waals surface area contributed by atoms with Crippen LogP contribution >= 0.6 is 0 Å². The lowest BCUT2D eigenvalue weighted by atomic mass is 9.81. The van der Waals surface area contributed by atoms with Crippen LogP contribution in [0.3, 0.4) is 0 Å². The third kappa shape index (κ3) is 2.96. The molecule has 2 aliphatic heterocycles. The second-order valence-corrected chi connectivity index (χ2v) is 8.41. The third-order valence-corrected chi connectivity index (χ3v) is 6.54. The summed E-state index contributed by atoms with van der Waals surface area (Å²) in [5.74, 6) is 1.45. The van der Waals surface area contributed by atoms with Gasteiger partial charge in [0.15, 0.2) is 5.82 Å². The highest BCUT2D eigenvalue weighted by atomic mass is 16.5. The van der Waals surface area contributed by atoms with Gasteiger partial charge in [0.05, 0.1) is 5.41 Å². The molecule has 2 amide bonds. The molecule has 2 aromatic rings. The molecule has 0 N–H and O–H groups in total. The van der Waals surface area contributed by atoms with Crippen LogP contribution in [0.2, 0.25) is 0 Å². The van der Waals surface area contributed by atoms with Gasteiger partial charge in [-0.3, -0.25) is 9.59 Å². The summed E-state index contributed by atoms with van der Waals surface area (Å²) in [4.78, 5) is 34.4. The maximum atomic E-state index is 13.1. The molecule has 150 valence electrons. The van der Waals surface area contributed by atoms with Crippen LogP contribution < -0.4 is 0 Å². The van der Waals surface area contributed by atoms with Gasteiger partial charge in [0.25, 0.3) is 5.91 Å². The molecule has 5 rings (SSSR count). The average molecular weight is 392 g/mol. The first-order valence-electron chi connectivity index (χ1n) is 10.2. The lowest BCUT2D eigenvalue weighted by molar-refractivity contribution is -0.134. The first-order chi connectivity index (χ1) is 14.1. The van der Waals surface area contributed by atoms with E-state index in [0.717, 1.165) is 12.8 Å². The summed E-state index contributed by atoms with van der Waals surface area (Å²) in [5, 5.41) is 3.99. The fourth-order valence-corrected chi connectivity index (χ4v) is 5.03. The van der Waals surface area contributed by atoms with Crippen LogP contribution in [0.1, 0.15) is 34.9 Å². The Labute approximate surface area is 169 Å². The van der Waals surface area contributed by atoms with Crippen molar-refractivity contribution < 1.29 is 14.1 Å². The van der Waals surface area contributed by atoms with Crippen LogP contribution in [0.25, 0.3) is 0 Å². The fourth-order valence-electron chi connectivity index (χ4n) is 5.03. The largest absolute Gasteiger partial charge is 0.341 e. The Bertz CT molecular complexity index is 961. The highest BCUT2D eigenvalue weighted by Gasteiger charge is 2.59. The van der Waals surface area contributed by atoms with Gasteiger partial charge >= 0.3 is 0 Å². The van der Waals surface area contributed by atoms with E-state index in [1.807, 2.05) is 40.1 Å². The molecule has 0 saturated carbocycles. The minimum absolute atomic E-state index is 0.00785. The van der Waals surface area contributed by atoms with Crippen molar-refractivity contribution in [2.75, 3.05) is 26.2 Å². The zero-order valence-corrected chi connectivity index (χ0v) is 16.5. The maximum absolute atomic E-state index is 13.1. The molecule has 2 fully saturated rings. The van der Waals surface area contributed by atoms with E-state index in [-0.39, 0.29) is 23.7 Å². The number of benzene rings is 1. The second-order valence-electron chi connectivity index (χ2n) is 8.41. The van der Waals surface area contributed by atoms with E-state index in [2.05, 4.69) is 22.3 Å². The van der Waals surface area contributed by atoms with Crippen molar-refractivity contribution in [3.8, 4) is 0 Å². The maximum Gasteiger partial charge on any atom is 0.253 e. The topological polar surface area (TPSA) is 79.5 Å². The molecular weight excluding hydrogens is 368 g/mol. The number of aryl methyl sites for hydroxylation is 1. The first-order valence-corrected chi connectivity index (χ1v) is 10.2. The molecule has 29 heavy (non-hydrogen) atoms. The van der Waals surface area contributed by atoms with E-state index in [0.29, 0.717) is 43.5 Å². The van der Waals surface area contributed by atoms with Crippen molar-refractivity contribution in [3.63, 3.8) is 0 Å². The van der Waals surface area contributed by atoms with Gasteiger partial charge in [0, 0.05) is 43.6 Å². The van der Waals surface area contributed by atoms with E-state index in [1.165, 1.54) is 0 Å². The molecule has 2 saturated heterocycles. The summed E-state index contributed by atoms with van der Waals surface area (Å²) in [6.07, 6.45) is 5.78. The van der Waals surface area contributed by atoms with Gasteiger partial charge in [-0.1, -0.05) is 35.5 Å². The van der Waals surface area contributed by atoms with Gasteiger partial charge < -0.3 is 14.3 Å². The predicted molar refractivity (Wildman–Crippen MR) is 105 cm³/mol. The van der Waals surface area contributed by atoms with E-state index in [9.17, 15) is 9.59 Å². The molecule has 7 nitrogen and oxygen atoms in total. The standard InChI is InChI=1S/C22H24N4O3/c1-15-23-21(29-24-15)22-13-25(19(27)16-7-3-2-4-8-16)11-18(22)12-26(14-22)20(28)17-9-5-6-10-17/h2-8,17-18H,9-14H2,1H3/t18-,22-/m1/s1. The van der Waals surface area contributed by atoms with Gasteiger partial charge in [0.2, 0.25) is 11.8 Å². The number of amides is 2. The Balaban J connectivity index is 1.42. The first kappa shape index (κ1) is 18.1. The van der Waals surface area contributed by atoms with Crippen LogP contribution in [0.4, 0.5) is 0 Å². The Hall–Kier alpha value is -2.96. The van der Waals surface area contributed by atoms with Crippen molar-refractivity contribution in [1.82, 2.24) is 19.9 Å². The number of hydrogen-bond acceptors (Lipinski definition) is 5. The number of fused-ring (bicyclic) bond motifs is 1. The summed E-state index contributed by atoms with van der Waals surface area (Å²) in [7, 11) is 0. The zero-order valence-electron chi connectivity index (χ0n) is 16.5. The van der Waals surface area contributed by atoms with E-state index in [1.54, 1.807) is 6.92 Å². The minimum atomic E-state index is -0.493. The molecule has 3 heterocycles. The molecular formula is C22H24N4O3. The summed E-state index contributed by atoms with van der Waals surface area (Å²) >= 11 is 0. The van der Waals surface area contributed by atoms with Gasteiger partial charge in [-0.05, 0) is 31.9 Å². The summed E-state index contributed by atoms with van der Waals surface area (Å²) in [6.45, 7) is 4.01. The van der Waals surface area contributed by atoms with Crippen molar-refractivity contribution in [2.24, 2.45) is 11.8 Å². The Morgan fingerprint density at radius 2 is 1.76 bits per heavy atom. The third-order valence-electron chi connectivity index (χ3n) is 6.54. The SMILES string of the molecule is Cc1noc([C@@]23CN(C(=O)c4ccccc4)C[C@@H]2CN(C(=O)C2CC=CC2)C3)n1. The number of carbonyl (C=O) groups is 2. The quantitative estimate of drug-likeness (QED) is 0.748. The lowest BCUT2D eigenvalue weighted by Crippen LogP contribution is -2.42. The highest BCUT2D eigenvalue weighted by Crippen LogP contribution is 2.45. The molecule has 3 aliphatic rings. The number of carbonyl (C=O) groups excluding carboxylic acids is 2. The average Bonchev–Trinajstić information content (AvgIpc) is 3.50. The lowest BCUT2D eigenvalue weighted by Gasteiger charge is -2.27. The summed E-state index contributed by atoms with van der Waals surface area (Å²) in [5.41, 5.74) is 0.183. The number of likely N-dealkylation sites (tertiary alicyclic amines) is 2. The molecule has 0 unspecified atom stereocenters. The van der Waals surface area contributed by atoms with Crippen molar-refractivity contribution in [3.05, 3.63) is 59.8 Å². The van der Waals surface area contributed by atoms with Gasteiger partial charge in [-0.25, -0.2) is 0 Å². The van der Waals surface area contributed by atoms with Gasteiger partial charge in [-0.15, -0.1) is 0 Å². The summed E-state index contributed by atoms with van der Waals surface area (Å²) < 4.78 is 5.59. The predicted octanol–water partition coefficient (Wildman–Crippen LogP) is 2.20. The van der Waals surface area contributed by atoms with E-state index in [4.69, 9.17) is 4.52 Å². The molecule has 2 atom stereocenters. The van der Waals surface area contributed by atoms with Crippen LogP contribution in [0.5, 0.6) is 0 Å². The molecule has 0 spiro atoms. The number of allylic oxidation sites excluding steroid dienone is 2. The monoisotopic (exact) mass is 392 g/mol. The summed E-state index contributed by atoms with van der Waals surface area (Å²) in [6, 6.07) is 9.32. The number of nitrogens with zero attached hydrogens (tertiary/aromatic N) is 4. The van der Waals surface area contributed by atoms with E-state index < -0.39 is 5.41 Å². The van der Waals surface area contributed by atoms with E-state index >= 15 is 0 Å².